The molecule has 5 nitrogen and oxygen atoms in total. The van der Waals surface area contributed by atoms with Gasteiger partial charge in [0.25, 0.3) is 0 Å². The van der Waals surface area contributed by atoms with Gasteiger partial charge in [0.05, 0.1) is 35.0 Å². The van der Waals surface area contributed by atoms with E-state index in [1.807, 2.05) is 35.9 Å². The number of fused-ring (bicyclic) bond motifs is 1. The molecular formula is C15H18N4OS. The van der Waals surface area contributed by atoms with Gasteiger partial charge in [0.15, 0.2) is 0 Å². The second-order valence-electron chi connectivity index (χ2n) is 4.97. The standard InChI is InChI=1S/C15H18N4OS/c1-10-8-13(19(18-10)6-7-20)11(9-16)15-17-12-4-2-3-5-14(12)21-15/h2-5,8,11,20H,6-7,9,16H2,1H3. The van der Waals surface area contributed by atoms with Crippen LogP contribution in [-0.2, 0) is 6.54 Å². The number of nitrogens with zero attached hydrogens (tertiary/aromatic N) is 3. The van der Waals surface area contributed by atoms with Gasteiger partial charge >= 0.3 is 0 Å². The molecule has 0 spiro atoms. The predicted molar refractivity (Wildman–Crippen MR) is 84.6 cm³/mol. The lowest BCUT2D eigenvalue weighted by atomic mass is 10.1. The zero-order chi connectivity index (χ0) is 14.8. The first-order valence-electron chi connectivity index (χ1n) is 6.93. The Morgan fingerprint density at radius 2 is 2.19 bits per heavy atom. The normalized spacial score (nSPS) is 12.9. The van der Waals surface area contributed by atoms with Gasteiger partial charge in [-0.15, -0.1) is 11.3 Å². The van der Waals surface area contributed by atoms with E-state index in [1.165, 1.54) is 0 Å². The number of aliphatic hydroxyl groups is 1. The lowest BCUT2D eigenvalue weighted by Crippen LogP contribution is -2.19. The van der Waals surface area contributed by atoms with Gasteiger partial charge in [0.2, 0.25) is 0 Å². The summed E-state index contributed by atoms with van der Waals surface area (Å²) >= 11 is 1.67. The van der Waals surface area contributed by atoms with E-state index in [2.05, 4.69) is 11.2 Å². The molecule has 1 unspecified atom stereocenters. The van der Waals surface area contributed by atoms with E-state index in [9.17, 15) is 5.11 Å². The van der Waals surface area contributed by atoms with Crippen LogP contribution in [0.4, 0.5) is 0 Å². The molecule has 3 rings (SSSR count). The lowest BCUT2D eigenvalue weighted by molar-refractivity contribution is 0.266. The number of aryl methyl sites for hydroxylation is 1. The third-order valence-electron chi connectivity index (χ3n) is 3.45. The Hall–Kier alpha value is -1.76. The molecule has 1 aromatic carbocycles. The van der Waals surface area contributed by atoms with Crippen molar-refractivity contribution in [3.63, 3.8) is 0 Å². The number of aromatic nitrogens is 3. The molecule has 2 aromatic heterocycles. The number of hydrogen-bond acceptors (Lipinski definition) is 5. The van der Waals surface area contributed by atoms with Crippen LogP contribution in [0.25, 0.3) is 10.2 Å². The van der Waals surface area contributed by atoms with Crippen molar-refractivity contribution in [2.24, 2.45) is 5.73 Å². The number of rotatable bonds is 5. The summed E-state index contributed by atoms with van der Waals surface area (Å²) < 4.78 is 3.00. The number of thiazole rings is 1. The van der Waals surface area contributed by atoms with Crippen molar-refractivity contribution in [1.82, 2.24) is 14.8 Å². The van der Waals surface area contributed by atoms with Crippen molar-refractivity contribution >= 4 is 21.6 Å². The smallest absolute Gasteiger partial charge is 0.104 e. The molecule has 0 aliphatic heterocycles. The minimum Gasteiger partial charge on any atom is -0.394 e. The summed E-state index contributed by atoms with van der Waals surface area (Å²) in [4.78, 5) is 4.71. The van der Waals surface area contributed by atoms with Crippen LogP contribution >= 0.6 is 11.3 Å². The molecule has 0 aliphatic rings. The fraction of sp³-hybridized carbons (Fsp3) is 0.333. The monoisotopic (exact) mass is 302 g/mol. The van der Waals surface area contributed by atoms with Crippen molar-refractivity contribution in [2.45, 2.75) is 19.4 Å². The number of para-hydroxylation sites is 1. The highest BCUT2D eigenvalue weighted by Crippen LogP contribution is 2.31. The molecule has 0 fully saturated rings. The van der Waals surface area contributed by atoms with Crippen LogP contribution in [0, 0.1) is 6.92 Å². The Labute approximate surface area is 127 Å². The van der Waals surface area contributed by atoms with Gasteiger partial charge in [-0.2, -0.15) is 5.10 Å². The molecule has 0 aliphatic carbocycles. The van der Waals surface area contributed by atoms with Crippen molar-refractivity contribution < 1.29 is 5.11 Å². The summed E-state index contributed by atoms with van der Waals surface area (Å²) in [6.07, 6.45) is 0. The molecule has 6 heteroatoms. The second kappa shape index (κ2) is 5.93. The van der Waals surface area contributed by atoms with E-state index in [4.69, 9.17) is 10.7 Å². The van der Waals surface area contributed by atoms with E-state index in [-0.39, 0.29) is 12.5 Å². The van der Waals surface area contributed by atoms with Gasteiger partial charge < -0.3 is 10.8 Å². The average molecular weight is 302 g/mol. The lowest BCUT2D eigenvalue weighted by Gasteiger charge is -2.13. The SMILES string of the molecule is Cc1cc(C(CN)c2nc3ccccc3s2)n(CCO)n1. The van der Waals surface area contributed by atoms with Crippen LogP contribution in [0.15, 0.2) is 30.3 Å². The van der Waals surface area contributed by atoms with Crippen LogP contribution < -0.4 is 5.73 Å². The highest BCUT2D eigenvalue weighted by molar-refractivity contribution is 7.18. The summed E-state index contributed by atoms with van der Waals surface area (Å²) in [6.45, 7) is 2.95. The van der Waals surface area contributed by atoms with Crippen LogP contribution in [0.2, 0.25) is 0 Å². The molecule has 2 heterocycles. The third kappa shape index (κ3) is 2.70. The molecule has 110 valence electrons. The van der Waals surface area contributed by atoms with Crippen LogP contribution in [0.1, 0.15) is 22.3 Å². The molecule has 0 saturated heterocycles. The molecule has 3 N–H and O–H groups in total. The highest BCUT2D eigenvalue weighted by atomic mass is 32.1. The molecule has 0 saturated carbocycles. The first-order valence-corrected chi connectivity index (χ1v) is 7.75. The predicted octanol–water partition coefficient (Wildman–Crippen LogP) is 1.88. The van der Waals surface area contributed by atoms with Crippen molar-refractivity contribution in [3.05, 3.63) is 46.7 Å². The van der Waals surface area contributed by atoms with E-state index in [0.29, 0.717) is 13.1 Å². The second-order valence-corrected chi connectivity index (χ2v) is 6.03. The minimum absolute atomic E-state index is 0.00940. The maximum Gasteiger partial charge on any atom is 0.104 e. The zero-order valence-corrected chi connectivity index (χ0v) is 12.7. The Morgan fingerprint density at radius 3 is 2.90 bits per heavy atom. The summed E-state index contributed by atoms with van der Waals surface area (Å²) in [5.74, 6) is 0.00940. The number of nitrogens with two attached hydrogens (primary N) is 1. The van der Waals surface area contributed by atoms with Gasteiger partial charge in [0, 0.05) is 12.2 Å². The van der Waals surface area contributed by atoms with Crippen LogP contribution in [0.5, 0.6) is 0 Å². The summed E-state index contributed by atoms with van der Waals surface area (Å²) in [6, 6.07) is 10.1. The van der Waals surface area contributed by atoms with Crippen molar-refractivity contribution in [2.75, 3.05) is 13.2 Å². The average Bonchev–Trinajstić information content (AvgIpc) is 3.04. The third-order valence-corrected chi connectivity index (χ3v) is 4.60. The number of benzene rings is 1. The van der Waals surface area contributed by atoms with Gasteiger partial charge in [-0.3, -0.25) is 4.68 Å². The fourth-order valence-electron chi connectivity index (χ4n) is 2.51. The Bertz CT molecular complexity index is 716. The molecule has 0 radical (unpaired) electrons. The molecule has 0 amide bonds. The van der Waals surface area contributed by atoms with E-state index >= 15 is 0 Å². The van der Waals surface area contributed by atoms with E-state index in [0.717, 1.165) is 26.6 Å². The Balaban J connectivity index is 2.05. The first-order chi connectivity index (χ1) is 10.2. The topological polar surface area (TPSA) is 77.0 Å². The zero-order valence-electron chi connectivity index (χ0n) is 11.9. The van der Waals surface area contributed by atoms with Gasteiger partial charge in [-0.1, -0.05) is 12.1 Å². The summed E-state index contributed by atoms with van der Waals surface area (Å²) in [5.41, 5.74) is 8.94. The summed E-state index contributed by atoms with van der Waals surface area (Å²) in [7, 11) is 0. The van der Waals surface area contributed by atoms with Crippen molar-refractivity contribution in [1.29, 1.82) is 0 Å². The van der Waals surface area contributed by atoms with Crippen LogP contribution in [-0.4, -0.2) is 33.0 Å². The molecular weight excluding hydrogens is 284 g/mol. The van der Waals surface area contributed by atoms with Gasteiger partial charge in [-0.25, -0.2) is 4.98 Å². The first kappa shape index (κ1) is 14.2. The quantitative estimate of drug-likeness (QED) is 0.754. The maximum atomic E-state index is 9.19. The van der Waals surface area contributed by atoms with Gasteiger partial charge in [0.1, 0.15) is 5.01 Å². The van der Waals surface area contributed by atoms with E-state index in [1.54, 1.807) is 11.3 Å². The maximum absolute atomic E-state index is 9.19. The molecule has 21 heavy (non-hydrogen) atoms. The highest BCUT2D eigenvalue weighted by Gasteiger charge is 2.21. The number of hydrogen-bond donors (Lipinski definition) is 2. The van der Waals surface area contributed by atoms with Crippen LogP contribution in [0.3, 0.4) is 0 Å². The molecule has 1 atom stereocenters. The Morgan fingerprint density at radius 1 is 1.38 bits per heavy atom. The van der Waals surface area contributed by atoms with Gasteiger partial charge in [-0.05, 0) is 25.1 Å². The summed E-state index contributed by atoms with van der Waals surface area (Å²) in [5, 5.41) is 14.6. The largest absolute Gasteiger partial charge is 0.394 e. The van der Waals surface area contributed by atoms with E-state index < -0.39 is 0 Å². The number of aliphatic hydroxyl groups excluding tert-OH is 1. The Kier molecular flexibility index (Phi) is 4.01. The minimum atomic E-state index is 0.00940. The fourth-order valence-corrected chi connectivity index (χ4v) is 3.60. The molecule has 3 aromatic rings. The van der Waals surface area contributed by atoms with Crippen molar-refractivity contribution in [3.8, 4) is 0 Å². The molecule has 0 bridgehead atoms.